The fourth-order valence-corrected chi connectivity index (χ4v) is 12.5. The molecule has 17 rings (SSSR count). The van der Waals surface area contributed by atoms with Gasteiger partial charge in [-0.15, -0.1) is 0 Å². The summed E-state index contributed by atoms with van der Waals surface area (Å²) in [5.74, 6) is 0. The van der Waals surface area contributed by atoms with Gasteiger partial charge in [-0.3, -0.25) is 29.9 Å². The van der Waals surface area contributed by atoms with Gasteiger partial charge in [0.1, 0.15) is 0 Å². The quantitative estimate of drug-likeness (QED) is 0.118. The number of hydrogen-bond donors (Lipinski definition) is 0. The maximum Gasteiger partial charge on any atom is 0.0978 e. The fourth-order valence-electron chi connectivity index (χ4n) is 12.5. The van der Waals surface area contributed by atoms with Crippen LogP contribution in [0.5, 0.6) is 0 Å². The molecule has 8 heteroatoms. The second kappa shape index (κ2) is 25.2. The predicted molar refractivity (Wildman–Crippen MR) is 385 cm³/mol. The van der Waals surface area contributed by atoms with Crippen LogP contribution < -0.4 is 0 Å². The second-order valence-electron chi connectivity index (χ2n) is 23.2. The van der Waals surface area contributed by atoms with E-state index in [1.54, 1.807) is 24.8 Å². The fraction of sp³-hybridized carbons (Fsp3) is 0. The van der Waals surface area contributed by atoms with Gasteiger partial charge in [-0.25, -0.2) is 9.97 Å². The van der Waals surface area contributed by atoms with Gasteiger partial charge < -0.3 is 0 Å². The SMILES string of the molecule is c1ccc(-c2cc(-c3ccc(-c4ccc(-c5cc(-c6cccnc6)cc(-c6cccnc6)c5)cc4)cc3)nc3c2ccc2cccnc23)cc1.c1cncc(-c2cc(-c3ccc(-c4ccc(-c5ccc6ccc7cccnc7c6n5)cc4)cc3)cc(-c3cccnc3)c2)c1. The van der Waals surface area contributed by atoms with E-state index in [0.29, 0.717) is 0 Å². The monoisotopic (exact) mass is 1200 g/mol. The Kier molecular flexibility index (Phi) is 15.2. The van der Waals surface area contributed by atoms with E-state index in [4.69, 9.17) is 15.0 Å². The van der Waals surface area contributed by atoms with Crippen molar-refractivity contribution in [2.45, 2.75) is 0 Å². The molecule has 0 aliphatic heterocycles. The van der Waals surface area contributed by atoms with Crippen LogP contribution in [0, 0.1) is 0 Å². The van der Waals surface area contributed by atoms with Crippen LogP contribution in [0.15, 0.2) is 341 Å². The number of hydrogen-bond acceptors (Lipinski definition) is 8. The Bertz CT molecular complexity index is 5430. The number of pyridine rings is 8. The summed E-state index contributed by atoms with van der Waals surface area (Å²) in [5, 5.41) is 4.37. The number of aromatic nitrogens is 8. The van der Waals surface area contributed by atoms with Crippen molar-refractivity contribution < 1.29 is 0 Å². The molecular weight excluding hydrogens is 1150 g/mol. The highest BCUT2D eigenvalue weighted by Crippen LogP contribution is 2.39. The zero-order valence-electron chi connectivity index (χ0n) is 50.9. The van der Waals surface area contributed by atoms with E-state index in [2.05, 4.69) is 268 Å². The van der Waals surface area contributed by atoms with Gasteiger partial charge >= 0.3 is 0 Å². The second-order valence-corrected chi connectivity index (χ2v) is 23.2. The number of fused-ring (bicyclic) bond motifs is 6. The molecule has 8 nitrogen and oxygen atoms in total. The van der Waals surface area contributed by atoms with Crippen LogP contribution in [0.1, 0.15) is 0 Å². The third-order valence-corrected chi connectivity index (χ3v) is 17.4. The van der Waals surface area contributed by atoms with Crippen LogP contribution in [0.3, 0.4) is 0 Å². The van der Waals surface area contributed by atoms with E-state index < -0.39 is 0 Å². The first-order chi connectivity index (χ1) is 46.5. The minimum Gasteiger partial charge on any atom is -0.264 e. The molecule has 0 aliphatic carbocycles. The van der Waals surface area contributed by atoms with Crippen LogP contribution >= 0.6 is 0 Å². The standard InChI is InChI=1S/C46H30N4.C40H26N4/c1-2-7-34(8-3-1)43-28-44(50-46-42(43)21-20-36-9-6-24-49-45(36)46)35-18-16-32(17-19-35)31-12-14-33(15-13-31)39-25-40(37-10-4-22-47-29-37)27-41(26-39)38-11-5-23-48-30-38;1-5-33(25-41-19-1)36-22-35(23-37(24-36)34-6-2-20-42-26-34)29-9-7-27(8-10-29)28-11-13-30(14-12-28)38-18-17-32-16-15-31-4-3-21-43-39(31)40(32)44-38/h1-30H;1-26H. The van der Waals surface area contributed by atoms with E-state index in [0.717, 1.165) is 166 Å². The first-order valence-corrected chi connectivity index (χ1v) is 31.3. The zero-order valence-corrected chi connectivity index (χ0v) is 50.9. The smallest absolute Gasteiger partial charge is 0.0978 e. The van der Waals surface area contributed by atoms with E-state index in [9.17, 15) is 0 Å². The normalized spacial score (nSPS) is 11.2. The highest BCUT2D eigenvalue weighted by molar-refractivity contribution is 6.09. The molecule has 0 saturated carbocycles. The number of benzene rings is 9. The van der Waals surface area contributed by atoms with Gasteiger partial charge in [0.05, 0.1) is 33.5 Å². The third kappa shape index (κ3) is 11.6. The summed E-state index contributed by atoms with van der Waals surface area (Å²) in [5.41, 5.74) is 28.1. The van der Waals surface area contributed by atoms with Crippen LogP contribution in [0.4, 0.5) is 0 Å². The van der Waals surface area contributed by atoms with Crippen molar-refractivity contribution >= 4 is 43.6 Å². The summed E-state index contributed by atoms with van der Waals surface area (Å²) < 4.78 is 0. The lowest BCUT2D eigenvalue weighted by Gasteiger charge is -2.13. The Balaban J connectivity index is 0.000000150. The first kappa shape index (κ1) is 56.5. The van der Waals surface area contributed by atoms with Crippen LogP contribution in [0.25, 0.3) is 166 Å². The molecule has 0 aliphatic rings. The van der Waals surface area contributed by atoms with Crippen molar-refractivity contribution in [3.8, 4) is 123 Å². The van der Waals surface area contributed by atoms with Gasteiger partial charge in [-0.2, -0.15) is 0 Å². The van der Waals surface area contributed by atoms with Crippen molar-refractivity contribution in [3.63, 3.8) is 0 Å². The summed E-state index contributed by atoms with van der Waals surface area (Å²) in [6.07, 6.45) is 18.5. The molecule has 0 saturated heterocycles. The molecule has 8 heterocycles. The number of nitrogens with zero attached hydrogens (tertiary/aromatic N) is 8. The van der Waals surface area contributed by atoms with Crippen LogP contribution in [0.2, 0.25) is 0 Å². The Morgan fingerprint density at radius 2 is 0.500 bits per heavy atom. The van der Waals surface area contributed by atoms with Gasteiger partial charge in [-0.1, -0.05) is 194 Å². The molecule has 0 radical (unpaired) electrons. The van der Waals surface area contributed by atoms with Gasteiger partial charge in [0.2, 0.25) is 0 Å². The zero-order chi connectivity index (χ0) is 62.6. The Morgan fingerprint density at radius 1 is 0.181 bits per heavy atom. The van der Waals surface area contributed by atoms with Crippen molar-refractivity contribution in [1.29, 1.82) is 0 Å². The molecule has 17 aromatic rings. The van der Waals surface area contributed by atoms with Crippen molar-refractivity contribution in [1.82, 2.24) is 39.9 Å². The summed E-state index contributed by atoms with van der Waals surface area (Å²) in [6.45, 7) is 0. The minimum absolute atomic E-state index is 0.915. The molecule has 9 aromatic carbocycles. The van der Waals surface area contributed by atoms with Gasteiger partial charge in [0.25, 0.3) is 0 Å². The average Bonchev–Trinajstić information content (AvgIpc) is 0.784. The van der Waals surface area contributed by atoms with E-state index in [1.165, 1.54) is 0 Å². The minimum atomic E-state index is 0.915. The summed E-state index contributed by atoms with van der Waals surface area (Å²) in [6, 6.07) is 98.1. The Morgan fingerprint density at radius 3 is 0.915 bits per heavy atom. The maximum atomic E-state index is 5.19. The molecular formula is C86H56N8. The topological polar surface area (TPSA) is 103 Å². The highest BCUT2D eigenvalue weighted by atomic mass is 14.8. The predicted octanol–water partition coefficient (Wildman–Crippen LogP) is 21.5. The molecule has 0 atom stereocenters. The molecule has 0 unspecified atom stereocenters. The van der Waals surface area contributed by atoms with Gasteiger partial charge in [0, 0.05) is 117 Å². The lowest BCUT2D eigenvalue weighted by Crippen LogP contribution is -1.92. The molecule has 94 heavy (non-hydrogen) atoms. The molecule has 8 aromatic heterocycles. The van der Waals surface area contributed by atoms with Gasteiger partial charge in [-0.05, 0) is 163 Å². The maximum absolute atomic E-state index is 5.19. The molecule has 0 amide bonds. The molecule has 440 valence electrons. The van der Waals surface area contributed by atoms with E-state index >= 15 is 0 Å². The highest BCUT2D eigenvalue weighted by Gasteiger charge is 2.16. The Labute approximate surface area is 544 Å². The van der Waals surface area contributed by atoms with Crippen LogP contribution in [-0.4, -0.2) is 39.9 Å². The Hall–Kier alpha value is -12.8. The van der Waals surface area contributed by atoms with Gasteiger partial charge in [0.15, 0.2) is 0 Å². The summed E-state index contributed by atoms with van der Waals surface area (Å²) >= 11 is 0. The lowest BCUT2D eigenvalue weighted by atomic mass is 9.93. The van der Waals surface area contributed by atoms with E-state index in [-0.39, 0.29) is 0 Å². The largest absolute Gasteiger partial charge is 0.264 e. The molecule has 0 N–H and O–H groups in total. The van der Waals surface area contributed by atoms with Crippen molar-refractivity contribution in [2.75, 3.05) is 0 Å². The third-order valence-electron chi connectivity index (χ3n) is 17.4. The van der Waals surface area contributed by atoms with Crippen molar-refractivity contribution in [2.24, 2.45) is 0 Å². The average molecular weight is 1200 g/mol. The number of rotatable bonds is 11. The summed E-state index contributed by atoms with van der Waals surface area (Å²) in [4.78, 5) is 36.9. The lowest BCUT2D eigenvalue weighted by molar-refractivity contribution is 1.32. The van der Waals surface area contributed by atoms with E-state index in [1.807, 2.05) is 73.6 Å². The van der Waals surface area contributed by atoms with Crippen LogP contribution in [-0.2, 0) is 0 Å². The summed E-state index contributed by atoms with van der Waals surface area (Å²) in [7, 11) is 0. The molecule has 0 spiro atoms. The van der Waals surface area contributed by atoms with Crippen molar-refractivity contribution in [3.05, 3.63) is 341 Å². The first-order valence-electron chi connectivity index (χ1n) is 31.3. The molecule has 0 fully saturated rings. The molecule has 0 bridgehead atoms.